The van der Waals surface area contributed by atoms with Gasteiger partial charge < -0.3 is 24.6 Å². The van der Waals surface area contributed by atoms with E-state index in [0.717, 1.165) is 68.1 Å². The predicted molar refractivity (Wildman–Crippen MR) is 223 cm³/mol. The average molecular weight is 774 g/mol. The van der Waals surface area contributed by atoms with Crippen LogP contribution in [0.15, 0.2) is 134 Å². The summed E-state index contributed by atoms with van der Waals surface area (Å²) >= 11 is 0. The molecule has 6 aromatic rings. The van der Waals surface area contributed by atoms with E-state index in [2.05, 4.69) is 34.3 Å². The molecule has 1 aromatic heterocycles. The molecule has 0 bridgehead atoms. The number of aliphatic carboxylic acids is 1. The summed E-state index contributed by atoms with van der Waals surface area (Å²) in [6.07, 6.45) is 2.78. The monoisotopic (exact) mass is 773 g/mol. The molecule has 58 heavy (non-hydrogen) atoms. The number of para-hydroxylation sites is 1. The smallest absolute Gasteiger partial charge is 0.326 e. The second kappa shape index (κ2) is 17.0. The molecule has 2 aliphatic rings. The number of hydrogen-bond acceptors (Lipinski definition) is 7. The summed E-state index contributed by atoms with van der Waals surface area (Å²) < 4.78 is 18.9. The first-order valence-corrected chi connectivity index (χ1v) is 19.9. The van der Waals surface area contributed by atoms with Crippen molar-refractivity contribution in [2.75, 3.05) is 6.61 Å². The number of aromatic nitrogens is 1. The zero-order valence-electron chi connectivity index (χ0n) is 32.9. The summed E-state index contributed by atoms with van der Waals surface area (Å²) in [5, 5.41) is 13.3. The van der Waals surface area contributed by atoms with Crippen molar-refractivity contribution in [1.29, 1.82) is 0 Å². The van der Waals surface area contributed by atoms with Crippen LogP contribution >= 0.6 is 0 Å². The number of rotatable bonds is 12. The fraction of sp³-hybridized carbons (Fsp3) is 0.245. The van der Waals surface area contributed by atoms with Gasteiger partial charge in [-0.3, -0.25) is 14.7 Å². The Morgan fingerprint density at radius 1 is 0.862 bits per heavy atom. The van der Waals surface area contributed by atoms with E-state index in [0.29, 0.717) is 31.1 Å². The van der Waals surface area contributed by atoms with E-state index >= 15 is 0 Å². The van der Waals surface area contributed by atoms with Gasteiger partial charge in [0.15, 0.2) is 17.6 Å². The highest BCUT2D eigenvalue weighted by Gasteiger charge is 2.38. The Morgan fingerprint density at radius 2 is 1.55 bits per heavy atom. The van der Waals surface area contributed by atoms with E-state index in [1.165, 1.54) is 0 Å². The van der Waals surface area contributed by atoms with Crippen LogP contribution in [-0.4, -0.2) is 45.6 Å². The maximum absolute atomic E-state index is 14.4. The molecule has 0 aliphatic carbocycles. The van der Waals surface area contributed by atoms with Crippen molar-refractivity contribution >= 4 is 11.9 Å². The van der Waals surface area contributed by atoms with Crippen molar-refractivity contribution in [1.82, 2.24) is 15.2 Å². The van der Waals surface area contributed by atoms with Crippen molar-refractivity contribution in [2.45, 2.75) is 70.8 Å². The van der Waals surface area contributed by atoms with Crippen LogP contribution in [0.4, 0.5) is 0 Å². The lowest BCUT2D eigenvalue weighted by Crippen LogP contribution is -2.55. The molecular weight excluding hydrogens is 727 g/mol. The third-order valence-corrected chi connectivity index (χ3v) is 11.4. The van der Waals surface area contributed by atoms with Crippen LogP contribution in [0.2, 0.25) is 0 Å². The number of hydrogen-bond donors (Lipinski definition) is 2. The molecule has 294 valence electrons. The minimum atomic E-state index is -1.11. The number of nitrogens with one attached hydrogen (secondary N) is 1. The van der Waals surface area contributed by atoms with E-state index in [-0.39, 0.29) is 24.5 Å². The Labute approximate surface area is 339 Å². The van der Waals surface area contributed by atoms with Crippen LogP contribution in [-0.2, 0) is 29.0 Å². The molecule has 0 spiro atoms. The standard InChI is InChI=1S/C49H47N3O6/c1-4-43(35-11-7-5-8-12-35)52-29-38-28-46-45(56-30-47(58-46)36-19-21-40(22-20-36)57-39-13-9-6-10-14-39)27-37(38)26-44(52)48(53)51-42(49(54)55)25-33-15-17-34(18-16-33)41-23-24-50-32(3)31(41)2/h5-24,27-28,42-44,47H,4,25-26,29-30H2,1-3H3,(H,51,53)(H,54,55). The SMILES string of the molecule is CCC(c1ccccc1)N1Cc2cc3c(cc2CC1C(=O)NC(Cc1ccc(-c2ccnc(C)c2C)cc1)C(=O)O)OCC(c1ccc(Oc2ccccc2)cc1)O3. The van der Waals surface area contributed by atoms with Gasteiger partial charge in [0.05, 0.1) is 6.04 Å². The summed E-state index contributed by atoms with van der Waals surface area (Å²) in [6.45, 7) is 6.95. The van der Waals surface area contributed by atoms with Gasteiger partial charge in [-0.05, 0) is 114 Å². The number of nitrogens with zero attached hydrogens (tertiary/aromatic N) is 2. The molecule has 3 heterocycles. The number of carbonyl (C=O) groups excluding carboxylic acids is 1. The van der Waals surface area contributed by atoms with Gasteiger partial charge in [0, 0.05) is 30.9 Å². The molecule has 1 amide bonds. The maximum atomic E-state index is 14.4. The molecule has 4 atom stereocenters. The first-order chi connectivity index (χ1) is 28.2. The predicted octanol–water partition coefficient (Wildman–Crippen LogP) is 9.36. The lowest BCUT2D eigenvalue weighted by atomic mass is 9.89. The van der Waals surface area contributed by atoms with Gasteiger partial charge in [-0.1, -0.05) is 91.9 Å². The molecule has 0 saturated carbocycles. The largest absolute Gasteiger partial charge is 0.485 e. The normalized spacial score (nSPS) is 17.1. The lowest BCUT2D eigenvalue weighted by Gasteiger charge is -2.42. The summed E-state index contributed by atoms with van der Waals surface area (Å²) in [5.41, 5.74) is 9.09. The van der Waals surface area contributed by atoms with Gasteiger partial charge in [-0.15, -0.1) is 0 Å². The Bertz CT molecular complexity index is 2390. The van der Waals surface area contributed by atoms with Gasteiger partial charge in [-0.2, -0.15) is 0 Å². The van der Waals surface area contributed by atoms with Crippen molar-refractivity contribution < 1.29 is 28.9 Å². The van der Waals surface area contributed by atoms with E-state index in [1.54, 1.807) is 6.20 Å². The van der Waals surface area contributed by atoms with Crippen LogP contribution < -0.4 is 19.5 Å². The summed E-state index contributed by atoms with van der Waals surface area (Å²) in [5.74, 6) is 1.39. The highest BCUT2D eigenvalue weighted by atomic mass is 16.6. The minimum Gasteiger partial charge on any atom is -0.485 e. The molecule has 0 fully saturated rings. The molecule has 9 nitrogen and oxygen atoms in total. The van der Waals surface area contributed by atoms with Gasteiger partial charge in [0.25, 0.3) is 0 Å². The first-order valence-electron chi connectivity index (χ1n) is 19.9. The van der Waals surface area contributed by atoms with Crippen LogP contribution in [0.1, 0.15) is 64.6 Å². The summed E-state index contributed by atoms with van der Waals surface area (Å²) in [4.78, 5) is 33.7. The molecule has 0 saturated heterocycles. The molecule has 4 unspecified atom stereocenters. The second-order valence-electron chi connectivity index (χ2n) is 15.1. The highest BCUT2D eigenvalue weighted by Crippen LogP contribution is 2.43. The maximum Gasteiger partial charge on any atom is 0.326 e. The molecule has 5 aromatic carbocycles. The van der Waals surface area contributed by atoms with E-state index in [1.807, 2.05) is 129 Å². The summed E-state index contributed by atoms with van der Waals surface area (Å²) in [6, 6.07) is 39.8. The highest BCUT2D eigenvalue weighted by molar-refractivity contribution is 5.87. The fourth-order valence-electron chi connectivity index (χ4n) is 8.10. The van der Waals surface area contributed by atoms with Crippen LogP contribution in [0, 0.1) is 13.8 Å². The minimum absolute atomic E-state index is 0.0845. The Morgan fingerprint density at radius 3 is 2.26 bits per heavy atom. The number of carboxylic acid groups (broad SMARTS) is 1. The number of aryl methyl sites for hydroxylation is 1. The number of carboxylic acids is 1. The Kier molecular flexibility index (Phi) is 11.2. The molecule has 2 aliphatic heterocycles. The van der Waals surface area contributed by atoms with Crippen molar-refractivity contribution in [2.24, 2.45) is 0 Å². The van der Waals surface area contributed by atoms with Gasteiger partial charge in [0.1, 0.15) is 24.1 Å². The first kappa shape index (κ1) is 38.4. The number of carbonyl (C=O) groups is 2. The number of benzene rings is 5. The third-order valence-electron chi connectivity index (χ3n) is 11.4. The van der Waals surface area contributed by atoms with Crippen molar-refractivity contribution in [3.05, 3.63) is 173 Å². The molecule has 2 N–H and O–H groups in total. The fourth-order valence-corrected chi connectivity index (χ4v) is 8.10. The number of amides is 1. The zero-order chi connectivity index (χ0) is 40.2. The van der Waals surface area contributed by atoms with Crippen molar-refractivity contribution in [3.8, 4) is 34.1 Å². The number of pyridine rings is 1. The Balaban J connectivity index is 1.02. The molecular formula is C49H47N3O6. The van der Waals surface area contributed by atoms with E-state index in [9.17, 15) is 14.7 Å². The topological polar surface area (TPSA) is 110 Å². The quantitative estimate of drug-likeness (QED) is 0.127. The van der Waals surface area contributed by atoms with Crippen LogP contribution in [0.5, 0.6) is 23.0 Å². The number of fused-ring (bicyclic) bond motifs is 2. The average Bonchev–Trinajstić information content (AvgIpc) is 3.25. The lowest BCUT2D eigenvalue weighted by molar-refractivity contribution is -0.143. The van der Waals surface area contributed by atoms with Crippen molar-refractivity contribution in [3.63, 3.8) is 0 Å². The van der Waals surface area contributed by atoms with Gasteiger partial charge in [-0.25, -0.2) is 4.79 Å². The van der Waals surface area contributed by atoms with Crippen LogP contribution in [0.25, 0.3) is 11.1 Å². The van der Waals surface area contributed by atoms with Crippen LogP contribution in [0.3, 0.4) is 0 Å². The van der Waals surface area contributed by atoms with Gasteiger partial charge >= 0.3 is 5.97 Å². The zero-order valence-corrected chi connectivity index (χ0v) is 32.9. The van der Waals surface area contributed by atoms with E-state index in [4.69, 9.17) is 14.2 Å². The molecule has 8 rings (SSSR count). The second-order valence-corrected chi connectivity index (χ2v) is 15.1. The third kappa shape index (κ3) is 8.31. The molecule has 0 radical (unpaired) electrons. The summed E-state index contributed by atoms with van der Waals surface area (Å²) in [7, 11) is 0. The van der Waals surface area contributed by atoms with E-state index < -0.39 is 18.1 Å². The van der Waals surface area contributed by atoms with Gasteiger partial charge in [0.2, 0.25) is 5.91 Å². The molecule has 9 heteroatoms. The Hall–Kier alpha value is -6.45. The number of ether oxygens (including phenoxy) is 3.